The lowest BCUT2D eigenvalue weighted by molar-refractivity contribution is -0.111. The van der Waals surface area contributed by atoms with Gasteiger partial charge in [0.25, 0.3) is 0 Å². The Labute approximate surface area is 149 Å². The zero-order chi connectivity index (χ0) is 18.7. The van der Waals surface area contributed by atoms with Gasteiger partial charge < -0.3 is 5.32 Å². The molecule has 0 unspecified atom stereocenters. The highest BCUT2D eigenvalue weighted by molar-refractivity contribution is 6.02. The van der Waals surface area contributed by atoms with Crippen LogP contribution in [0, 0.1) is 25.5 Å². The molecule has 6 heteroatoms. The van der Waals surface area contributed by atoms with E-state index >= 15 is 0 Å². The minimum atomic E-state index is -0.697. The molecule has 132 valence electrons. The molecule has 1 heterocycles. The van der Waals surface area contributed by atoms with Crippen molar-refractivity contribution in [1.29, 1.82) is 0 Å². The summed E-state index contributed by atoms with van der Waals surface area (Å²) in [5.41, 5.74) is 3.14. The van der Waals surface area contributed by atoms with Gasteiger partial charge in [0, 0.05) is 23.4 Å². The molecule has 0 spiro atoms. The van der Waals surface area contributed by atoms with E-state index in [1.54, 1.807) is 10.8 Å². The van der Waals surface area contributed by atoms with Crippen LogP contribution in [-0.2, 0) is 4.79 Å². The minimum absolute atomic E-state index is 0.201. The van der Waals surface area contributed by atoms with Crippen molar-refractivity contribution in [1.82, 2.24) is 9.78 Å². The van der Waals surface area contributed by atoms with Crippen LogP contribution in [0.3, 0.4) is 0 Å². The fraction of sp³-hybridized carbons (Fsp3) is 0.100. The third-order valence-corrected chi connectivity index (χ3v) is 3.94. The summed E-state index contributed by atoms with van der Waals surface area (Å²) in [4.78, 5) is 12.0. The van der Waals surface area contributed by atoms with Crippen LogP contribution in [0.5, 0.6) is 0 Å². The van der Waals surface area contributed by atoms with E-state index in [2.05, 4.69) is 10.4 Å². The van der Waals surface area contributed by atoms with E-state index in [4.69, 9.17) is 0 Å². The predicted octanol–water partition coefficient (Wildman–Crippen LogP) is 4.42. The molecule has 0 bridgehead atoms. The van der Waals surface area contributed by atoms with Crippen LogP contribution in [-0.4, -0.2) is 15.7 Å². The average Bonchev–Trinajstić information content (AvgIpc) is 2.91. The number of hydrogen-bond acceptors (Lipinski definition) is 2. The molecule has 4 nitrogen and oxygen atoms in total. The van der Waals surface area contributed by atoms with Crippen molar-refractivity contribution in [2.75, 3.05) is 5.32 Å². The molecule has 0 aliphatic heterocycles. The first-order valence-corrected chi connectivity index (χ1v) is 8.01. The summed E-state index contributed by atoms with van der Waals surface area (Å²) < 4.78 is 28.6. The fourth-order valence-electron chi connectivity index (χ4n) is 2.64. The molecule has 1 amide bonds. The van der Waals surface area contributed by atoms with E-state index in [0.717, 1.165) is 40.8 Å². The first-order chi connectivity index (χ1) is 12.5. The second-order valence-electron chi connectivity index (χ2n) is 5.78. The highest BCUT2D eigenvalue weighted by atomic mass is 19.1. The zero-order valence-corrected chi connectivity index (χ0v) is 14.3. The number of para-hydroxylation sites is 1. The lowest BCUT2D eigenvalue weighted by Crippen LogP contribution is -2.09. The molecule has 1 N–H and O–H groups in total. The van der Waals surface area contributed by atoms with Crippen LogP contribution in [0.25, 0.3) is 11.8 Å². The highest BCUT2D eigenvalue weighted by Crippen LogP contribution is 2.20. The summed E-state index contributed by atoms with van der Waals surface area (Å²) in [7, 11) is 0. The number of anilines is 1. The zero-order valence-electron chi connectivity index (χ0n) is 14.3. The van der Waals surface area contributed by atoms with Gasteiger partial charge in [0.2, 0.25) is 5.91 Å². The summed E-state index contributed by atoms with van der Waals surface area (Å²) in [6.45, 7) is 3.74. The third kappa shape index (κ3) is 3.69. The molecule has 3 aromatic rings. The standard InChI is InChI=1S/C20H17F2N3O/c1-13-17(14(2)25(24-13)16-6-4-3-5-7-16)9-11-20(26)23-19-12-15(21)8-10-18(19)22/h3-12H,1-2H3,(H,23,26)/b11-9+. The van der Waals surface area contributed by atoms with E-state index < -0.39 is 17.5 Å². The number of aryl methyl sites for hydroxylation is 1. The first kappa shape index (κ1) is 17.5. The molecule has 1 aromatic heterocycles. The summed E-state index contributed by atoms with van der Waals surface area (Å²) in [5.74, 6) is -1.88. The monoisotopic (exact) mass is 353 g/mol. The van der Waals surface area contributed by atoms with Crippen molar-refractivity contribution >= 4 is 17.7 Å². The lowest BCUT2D eigenvalue weighted by Gasteiger charge is -2.04. The normalized spacial score (nSPS) is 11.1. The van der Waals surface area contributed by atoms with Crippen LogP contribution in [0.2, 0.25) is 0 Å². The topological polar surface area (TPSA) is 46.9 Å². The van der Waals surface area contributed by atoms with Crippen molar-refractivity contribution in [3.8, 4) is 5.69 Å². The average molecular weight is 353 g/mol. The number of carbonyl (C=O) groups is 1. The minimum Gasteiger partial charge on any atom is -0.320 e. The summed E-state index contributed by atoms with van der Waals surface area (Å²) in [5, 5.41) is 6.82. The number of aromatic nitrogens is 2. The number of nitrogens with one attached hydrogen (secondary N) is 1. The Hall–Kier alpha value is -3.28. The van der Waals surface area contributed by atoms with Gasteiger partial charge in [-0.05, 0) is 44.2 Å². The molecule has 0 saturated carbocycles. The number of benzene rings is 2. The van der Waals surface area contributed by atoms with Gasteiger partial charge in [0.05, 0.1) is 17.1 Å². The molecular formula is C20H17F2N3O. The van der Waals surface area contributed by atoms with Gasteiger partial charge in [0.1, 0.15) is 11.6 Å². The Kier molecular flexibility index (Phi) is 4.93. The van der Waals surface area contributed by atoms with Crippen molar-refractivity contribution in [3.05, 3.63) is 83.2 Å². The largest absolute Gasteiger partial charge is 0.320 e. The maximum atomic E-state index is 13.6. The number of rotatable bonds is 4. The van der Waals surface area contributed by atoms with Gasteiger partial charge in [-0.2, -0.15) is 5.10 Å². The number of hydrogen-bond donors (Lipinski definition) is 1. The Morgan fingerprint density at radius 3 is 2.58 bits per heavy atom. The Balaban J connectivity index is 1.81. The summed E-state index contributed by atoms with van der Waals surface area (Å²) in [6.07, 6.45) is 2.89. The number of halogens is 2. The Bertz CT molecular complexity index is 978. The highest BCUT2D eigenvalue weighted by Gasteiger charge is 2.11. The van der Waals surface area contributed by atoms with Crippen LogP contribution >= 0.6 is 0 Å². The van der Waals surface area contributed by atoms with Crippen molar-refractivity contribution in [2.45, 2.75) is 13.8 Å². The lowest BCUT2D eigenvalue weighted by atomic mass is 10.2. The Morgan fingerprint density at radius 2 is 1.85 bits per heavy atom. The van der Waals surface area contributed by atoms with E-state index in [-0.39, 0.29) is 5.69 Å². The van der Waals surface area contributed by atoms with Gasteiger partial charge in [-0.3, -0.25) is 4.79 Å². The molecule has 0 atom stereocenters. The molecule has 0 saturated heterocycles. The van der Waals surface area contributed by atoms with Gasteiger partial charge in [-0.15, -0.1) is 0 Å². The van der Waals surface area contributed by atoms with Crippen LogP contribution < -0.4 is 5.32 Å². The molecule has 26 heavy (non-hydrogen) atoms. The molecule has 0 fully saturated rings. The third-order valence-electron chi connectivity index (χ3n) is 3.94. The van der Waals surface area contributed by atoms with Gasteiger partial charge >= 0.3 is 0 Å². The van der Waals surface area contributed by atoms with Crippen LogP contribution in [0.4, 0.5) is 14.5 Å². The summed E-state index contributed by atoms with van der Waals surface area (Å²) in [6, 6.07) is 12.5. The molecule has 0 radical (unpaired) electrons. The first-order valence-electron chi connectivity index (χ1n) is 8.01. The maximum absolute atomic E-state index is 13.6. The van der Waals surface area contributed by atoms with Gasteiger partial charge in [-0.25, -0.2) is 13.5 Å². The molecule has 2 aromatic carbocycles. The smallest absolute Gasteiger partial charge is 0.248 e. The van der Waals surface area contributed by atoms with E-state index in [9.17, 15) is 13.6 Å². The van der Waals surface area contributed by atoms with Crippen molar-refractivity contribution < 1.29 is 13.6 Å². The van der Waals surface area contributed by atoms with Crippen molar-refractivity contribution in [2.24, 2.45) is 0 Å². The molecular weight excluding hydrogens is 336 g/mol. The van der Waals surface area contributed by atoms with E-state index in [1.165, 1.54) is 6.08 Å². The van der Waals surface area contributed by atoms with Crippen molar-refractivity contribution in [3.63, 3.8) is 0 Å². The fourth-order valence-corrected chi connectivity index (χ4v) is 2.64. The molecule has 3 rings (SSSR count). The quantitative estimate of drug-likeness (QED) is 0.706. The number of carbonyl (C=O) groups excluding carboxylic acids is 1. The van der Waals surface area contributed by atoms with E-state index in [1.807, 2.05) is 44.2 Å². The van der Waals surface area contributed by atoms with E-state index in [0.29, 0.717) is 0 Å². The Morgan fingerprint density at radius 1 is 1.12 bits per heavy atom. The predicted molar refractivity (Wildman–Crippen MR) is 97.1 cm³/mol. The second kappa shape index (κ2) is 7.31. The maximum Gasteiger partial charge on any atom is 0.248 e. The SMILES string of the molecule is Cc1nn(-c2ccccc2)c(C)c1/C=C/C(=O)Nc1cc(F)ccc1F. The van der Waals surface area contributed by atoms with Crippen LogP contribution in [0.15, 0.2) is 54.6 Å². The molecule has 0 aliphatic rings. The number of nitrogens with zero attached hydrogens (tertiary/aromatic N) is 2. The second-order valence-corrected chi connectivity index (χ2v) is 5.78. The van der Waals surface area contributed by atoms with Crippen LogP contribution in [0.1, 0.15) is 17.0 Å². The van der Waals surface area contributed by atoms with Gasteiger partial charge in [0.15, 0.2) is 0 Å². The van der Waals surface area contributed by atoms with Gasteiger partial charge in [-0.1, -0.05) is 18.2 Å². The molecule has 0 aliphatic carbocycles. The summed E-state index contributed by atoms with van der Waals surface area (Å²) >= 11 is 0. The number of amides is 1.